The summed E-state index contributed by atoms with van der Waals surface area (Å²) in [6, 6.07) is 15.1. The molecule has 1 N–H and O–H groups in total. The first-order valence-electron chi connectivity index (χ1n) is 9.26. The van der Waals surface area contributed by atoms with Crippen LogP contribution in [0.25, 0.3) is 11.1 Å². The molecule has 29 heavy (non-hydrogen) atoms. The van der Waals surface area contributed by atoms with Crippen molar-refractivity contribution < 1.29 is 22.7 Å². The molecule has 2 aromatic rings. The molecule has 7 nitrogen and oxygen atoms in total. The number of amides is 1. The number of hydrogen-bond donors (Lipinski definition) is 1. The zero-order valence-corrected chi connectivity index (χ0v) is 17.4. The molecule has 0 spiro atoms. The molecule has 0 bridgehead atoms. The van der Waals surface area contributed by atoms with Gasteiger partial charge in [-0.15, -0.1) is 0 Å². The fourth-order valence-corrected chi connectivity index (χ4v) is 4.45. The van der Waals surface area contributed by atoms with E-state index in [1.807, 2.05) is 36.4 Å². The van der Waals surface area contributed by atoms with Crippen molar-refractivity contribution in [3.8, 4) is 16.9 Å². The number of nitrogens with one attached hydrogen (secondary N) is 1. The van der Waals surface area contributed by atoms with Crippen LogP contribution in [0.15, 0.2) is 48.5 Å². The molecule has 0 unspecified atom stereocenters. The lowest BCUT2D eigenvalue weighted by Crippen LogP contribution is -2.44. The van der Waals surface area contributed by atoms with Crippen LogP contribution in [-0.4, -0.2) is 63.8 Å². The molecule has 1 amide bonds. The number of morpholine rings is 1. The largest absolute Gasteiger partial charge is 0.482 e. The van der Waals surface area contributed by atoms with Gasteiger partial charge in [-0.05, 0) is 23.3 Å². The summed E-state index contributed by atoms with van der Waals surface area (Å²) in [5.41, 5.74) is 1.97. The van der Waals surface area contributed by atoms with Crippen molar-refractivity contribution in [2.45, 2.75) is 0 Å². The summed E-state index contributed by atoms with van der Waals surface area (Å²) in [6.07, 6.45) is 0. The number of halogens is 1. The van der Waals surface area contributed by atoms with Crippen molar-refractivity contribution in [1.29, 1.82) is 0 Å². The molecule has 1 aliphatic rings. The maximum atomic E-state index is 12.2. The van der Waals surface area contributed by atoms with Crippen molar-refractivity contribution in [1.82, 2.24) is 9.62 Å². The number of sulfonamides is 1. The van der Waals surface area contributed by atoms with E-state index in [1.165, 1.54) is 4.31 Å². The highest BCUT2D eigenvalue weighted by molar-refractivity contribution is 7.89. The third-order valence-electron chi connectivity index (χ3n) is 4.44. The Morgan fingerprint density at radius 2 is 1.83 bits per heavy atom. The first-order valence-corrected chi connectivity index (χ1v) is 11.2. The van der Waals surface area contributed by atoms with Gasteiger partial charge in [-0.1, -0.05) is 48.0 Å². The summed E-state index contributed by atoms with van der Waals surface area (Å²) in [5, 5.41) is 2.96. The highest BCUT2D eigenvalue weighted by atomic mass is 35.5. The Kier molecular flexibility index (Phi) is 7.49. The van der Waals surface area contributed by atoms with Crippen molar-refractivity contribution >= 4 is 27.5 Å². The van der Waals surface area contributed by atoms with E-state index in [9.17, 15) is 13.2 Å². The second-order valence-electron chi connectivity index (χ2n) is 6.48. The van der Waals surface area contributed by atoms with Gasteiger partial charge in [0.2, 0.25) is 10.0 Å². The molecular formula is C20H23ClN2O5S. The van der Waals surface area contributed by atoms with E-state index in [1.54, 1.807) is 12.1 Å². The van der Waals surface area contributed by atoms with E-state index in [0.717, 1.165) is 11.1 Å². The molecule has 1 heterocycles. The number of carbonyl (C=O) groups is 1. The first kappa shape index (κ1) is 21.6. The van der Waals surface area contributed by atoms with Crippen LogP contribution in [0.3, 0.4) is 0 Å². The van der Waals surface area contributed by atoms with Crippen LogP contribution in [0, 0.1) is 0 Å². The normalized spacial score (nSPS) is 15.1. The minimum Gasteiger partial charge on any atom is -0.482 e. The Morgan fingerprint density at radius 1 is 1.10 bits per heavy atom. The number of benzene rings is 2. The molecule has 156 valence electrons. The van der Waals surface area contributed by atoms with Crippen molar-refractivity contribution in [3.05, 3.63) is 53.6 Å². The second-order valence-corrected chi connectivity index (χ2v) is 8.97. The van der Waals surface area contributed by atoms with E-state index >= 15 is 0 Å². The predicted molar refractivity (Wildman–Crippen MR) is 112 cm³/mol. The van der Waals surface area contributed by atoms with Crippen LogP contribution in [-0.2, 0) is 19.6 Å². The highest BCUT2D eigenvalue weighted by Gasteiger charge is 2.24. The fraction of sp³-hybridized carbons (Fsp3) is 0.350. The van der Waals surface area contributed by atoms with E-state index < -0.39 is 15.9 Å². The lowest BCUT2D eigenvalue weighted by molar-refractivity contribution is -0.122. The van der Waals surface area contributed by atoms with Gasteiger partial charge in [0, 0.05) is 19.6 Å². The van der Waals surface area contributed by atoms with Gasteiger partial charge in [0.05, 0.1) is 24.0 Å². The molecule has 3 rings (SSSR count). The Labute approximate surface area is 175 Å². The topological polar surface area (TPSA) is 84.9 Å². The van der Waals surface area contributed by atoms with Crippen molar-refractivity contribution in [3.63, 3.8) is 0 Å². The molecule has 1 aliphatic heterocycles. The van der Waals surface area contributed by atoms with Crippen molar-refractivity contribution in [2.75, 3.05) is 45.2 Å². The summed E-state index contributed by atoms with van der Waals surface area (Å²) >= 11 is 6.26. The number of carbonyl (C=O) groups excluding carboxylic acids is 1. The number of nitrogens with zero attached hydrogens (tertiary/aromatic N) is 1. The second kappa shape index (κ2) is 10.1. The summed E-state index contributed by atoms with van der Waals surface area (Å²) < 4.78 is 36.4. The van der Waals surface area contributed by atoms with Crippen LogP contribution in [0.5, 0.6) is 5.75 Å². The van der Waals surface area contributed by atoms with Gasteiger partial charge in [0.1, 0.15) is 5.75 Å². The lowest BCUT2D eigenvalue weighted by Gasteiger charge is -2.26. The Morgan fingerprint density at radius 3 is 2.52 bits per heavy atom. The first-order chi connectivity index (χ1) is 14.0. The maximum absolute atomic E-state index is 12.2. The van der Waals surface area contributed by atoms with E-state index in [-0.39, 0.29) is 18.9 Å². The Bertz CT molecular complexity index is 931. The van der Waals surface area contributed by atoms with Crippen molar-refractivity contribution in [2.24, 2.45) is 0 Å². The molecule has 1 saturated heterocycles. The number of ether oxygens (including phenoxy) is 2. The quantitative estimate of drug-likeness (QED) is 0.682. The summed E-state index contributed by atoms with van der Waals surface area (Å²) in [6.45, 7) is 1.24. The van der Waals surface area contributed by atoms with Gasteiger partial charge in [0.25, 0.3) is 5.91 Å². The Hall–Kier alpha value is -2.13. The molecule has 0 atom stereocenters. The summed E-state index contributed by atoms with van der Waals surface area (Å²) in [7, 11) is -3.41. The standard InChI is InChI=1S/C20H23ClN2O5S/c21-18-14-17(16-4-2-1-3-5-16)6-7-19(18)28-15-20(24)22-8-13-29(25,26)23-9-11-27-12-10-23/h1-7,14H,8-13,15H2,(H,22,24). The molecular weight excluding hydrogens is 416 g/mol. The summed E-state index contributed by atoms with van der Waals surface area (Å²) in [4.78, 5) is 12.0. The number of hydrogen-bond acceptors (Lipinski definition) is 5. The molecule has 0 saturated carbocycles. The maximum Gasteiger partial charge on any atom is 0.257 e. The Balaban J connectivity index is 1.45. The smallest absolute Gasteiger partial charge is 0.257 e. The van der Waals surface area contributed by atoms with Crippen LogP contribution in [0.4, 0.5) is 0 Å². The summed E-state index contributed by atoms with van der Waals surface area (Å²) in [5.74, 6) is -0.182. The van der Waals surface area contributed by atoms with Gasteiger partial charge in [-0.25, -0.2) is 8.42 Å². The van der Waals surface area contributed by atoms with Crippen LogP contribution < -0.4 is 10.1 Å². The van der Waals surface area contributed by atoms with E-state index in [4.69, 9.17) is 21.1 Å². The molecule has 2 aromatic carbocycles. The SMILES string of the molecule is O=C(COc1ccc(-c2ccccc2)cc1Cl)NCCS(=O)(=O)N1CCOCC1. The third-order valence-corrected chi connectivity index (χ3v) is 6.61. The third kappa shape index (κ3) is 6.17. The molecule has 0 radical (unpaired) electrons. The van der Waals surface area contributed by atoms with Crippen LogP contribution in [0.1, 0.15) is 0 Å². The van der Waals surface area contributed by atoms with Gasteiger partial charge < -0.3 is 14.8 Å². The van der Waals surface area contributed by atoms with E-state index in [0.29, 0.717) is 37.1 Å². The van der Waals surface area contributed by atoms with Gasteiger partial charge in [-0.3, -0.25) is 4.79 Å². The molecule has 9 heteroatoms. The van der Waals surface area contributed by atoms with Gasteiger partial charge in [-0.2, -0.15) is 4.31 Å². The fourth-order valence-electron chi connectivity index (χ4n) is 2.90. The average Bonchev–Trinajstić information content (AvgIpc) is 2.74. The highest BCUT2D eigenvalue weighted by Crippen LogP contribution is 2.30. The zero-order chi connectivity index (χ0) is 20.7. The predicted octanol–water partition coefficient (Wildman–Crippen LogP) is 2.16. The zero-order valence-electron chi connectivity index (χ0n) is 15.8. The van der Waals surface area contributed by atoms with Gasteiger partial charge in [0.15, 0.2) is 6.61 Å². The van der Waals surface area contributed by atoms with Crippen LogP contribution >= 0.6 is 11.6 Å². The van der Waals surface area contributed by atoms with Crippen LogP contribution in [0.2, 0.25) is 5.02 Å². The van der Waals surface area contributed by atoms with E-state index in [2.05, 4.69) is 5.32 Å². The minimum atomic E-state index is -3.41. The molecule has 1 fully saturated rings. The monoisotopic (exact) mass is 438 g/mol. The average molecular weight is 439 g/mol. The lowest BCUT2D eigenvalue weighted by atomic mass is 10.1. The van der Waals surface area contributed by atoms with Gasteiger partial charge >= 0.3 is 0 Å². The molecule has 0 aromatic heterocycles. The number of rotatable bonds is 8. The molecule has 0 aliphatic carbocycles. The minimum absolute atomic E-state index is 0.0164.